The van der Waals surface area contributed by atoms with Gasteiger partial charge in [-0.05, 0) is 86.8 Å². The Morgan fingerprint density at radius 1 is 0.976 bits per heavy atom. The summed E-state index contributed by atoms with van der Waals surface area (Å²) in [5.41, 5.74) is 3.61. The maximum atomic E-state index is 14.0. The van der Waals surface area contributed by atoms with E-state index in [1.54, 1.807) is 16.2 Å². The molecule has 222 valence electrons. The van der Waals surface area contributed by atoms with Crippen LogP contribution in [-0.2, 0) is 35.4 Å². The number of amides is 3. The van der Waals surface area contributed by atoms with Crippen LogP contribution in [0.5, 0.6) is 0 Å². The Morgan fingerprint density at radius 3 is 2.67 bits per heavy atom. The lowest BCUT2D eigenvalue weighted by Crippen LogP contribution is -2.53. The van der Waals surface area contributed by atoms with Crippen molar-refractivity contribution in [1.82, 2.24) is 29.9 Å². The first-order chi connectivity index (χ1) is 20.5. The van der Waals surface area contributed by atoms with Crippen molar-refractivity contribution in [2.75, 3.05) is 19.6 Å². The van der Waals surface area contributed by atoms with Gasteiger partial charge in [0.15, 0.2) is 0 Å². The third kappa shape index (κ3) is 6.14. The van der Waals surface area contributed by atoms with Crippen LogP contribution in [0.4, 0.5) is 0 Å². The fraction of sp³-hybridized carbons (Fsp3) is 0.531. The van der Waals surface area contributed by atoms with E-state index in [-0.39, 0.29) is 17.7 Å². The van der Waals surface area contributed by atoms with Gasteiger partial charge in [0.1, 0.15) is 17.7 Å². The molecule has 0 unspecified atom stereocenters. The van der Waals surface area contributed by atoms with Gasteiger partial charge in [-0.2, -0.15) is 5.10 Å². The maximum Gasteiger partial charge on any atom is 0.264 e. The number of aromatic nitrogens is 3. The predicted octanol–water partition coefficient (Wildman–Crippen LogP) is 4.24. The zero-order valence-corrected chi connectivity index (χ0v) is 25.2. The van der Waals surface area contributed by atoms with Gasteiger partial charge in [0, 0.05) is 26.1 Å². The minimum absolute atomic E-state index is 0.00793. The highest BCUT2D eigenvalue weighted by Crippen LogP contribution is 2.31. The SMILES string of the molecule is Cc1nc2n(n1)CCN(C(=O)c1scc3c1CCCC3)CCCC(=O)N1CCCC[C@H]1C(=O)N[C@@H]2Cc1ccccc1. The molecule has 3 amide bonds. The van der Waals surface area contributed by atoms with E-state index >= 15 is 0 Å². The van der Waals surface area contributed by atoms with Crippen molar-refractivity contribution in [2.24, 2.45) is 0 Å². The maximum absolute atomic E-state index is 14.0. The van der Waals surface area contributed by atoms with E-state index in [2.05, 4.69) is 10.7 Å². The summed E-state index contributed by atoms with van der Waals surface area (Å²) in [6.45, 7) is 3.84. The van der Waals surface area contributed by atoms with E-state index in [1.165, 1.54) is 17.5 Å². The molecular formula is C32H40N6O3S. The molecule has 1 aromatic carbocycles. The van der Waals surface area contributed by atoms with Crippen LogP contribution >= 0.6 is 11.3 Å². The van der Waals surface area contributed by atoms with E-state index in [9.17, 15) is 14.4 Å². The molecule has 1 saturated heterocycles. The Hall–Kier alpha value is -3.53. The number of benzene rings is 1. The van der Waals surface area contributed by atoms with Crippen LogP contribution in [0.2, 0.25) is 0 Å². The predicted molar refractivity (Wildman–Crippen MR) is 161 cm³/mol. The van der Waals surface area contributed by atoms with E-state index in [0.29, 0.717) is 63.5 Å². The number of hydrogen-bond acceptors (Lipinski definition) is 6. The van der Waals surface area contributed by atoms with Gasteiger partial charge in [-0.1, -0.05) is 30.3 Å². The number of aryl methyl sites for hydroxylation is 2. The Bertz CT molecular complexity index is 1430. The number of hydrogen-bond donors (Lipinski definition) is 1. The van der Waals surface area contributed by atoms with Gasteiger partial charge in [0.05, 0.1) is 17.5 Å². The Kier molecular flexibility index (Phi) is 8.69. The molecule has 3 aromatic rings. The fourth-order valence-corrected chi connectivity index (χ4v) is 7.78. The molecule has 3 aliphatic rings. The highest BCUT2D eigenvalue weighted by molar-refractivity contribution is 7.12. The molecule has 1 aliphatic carbocycles. The minimum Gasteiger partial charge on any atom is -0.344 e. The van der Waals surface area contributed by atoms with Crippen molar-refractivity contribution in [2.45, 2.75) is 89.8 Å². The Balaban J connectivity index is 1.34. The van der Waals surface area contributed by atoms with E-state index < -0.39 is 12.1 Å². The smallest absolute Gasteiger partial charge is 0.264 e. The molecule has 2 atom stereocenters. The lowest BCUT2D eigenvalue weighted by Gasteiger charge is -2.36. The summed E-state index contributed by atoms with van der Waals surface area (Å²) >= 11 is 1.56. The Morgan fingerprint density at radius 2 is 1.81 bits per heavy atom. The number of fused-ring (bicyclic) bond motifs is 3. The first kappa shape index (κ1) is 28.6. The van der Waals surface area contributed by atoms with Gasteiger partial charge in [-0.3, -0.25) is 14.4 Å². The topological polar surface area (TPSA) is 100 Å². The van der Waals surface area contributed by atoms with Crippen molar-refractivity contribution < 1.29 is 14.4 Å². The number of nitrogens with one attached hydrogen (secondary N) is 1. The summed E-state index contributed by atoms with van der Waals surface area (Å²) in [5, 5.41) is 10.1. The number of rotatable bonds is 3. The molecule has 2 aromatic heterocycles. The highest BCUT2D eigenvalue weighted by atomic mass is 32.1. The zero-order chi connectivity index (χ0) is 29.1. The molecule has 6 rings (SSSR count). The van der Waals surface area contributed by atoms with E-state index in [0.717, 1.165) is 42.5 Å². The molecule has 10 heteroatoms. The molecule has 0 bridgehead atoms. The van der Waals surface area contributed by atoms with Crippen molar-refractivity contribution >= 4 is 29.1 Å². The molecule has 0 spiro atoms. The van der Waals surface area contributed by atoms with E-state index in [4.69, 9.17) is 10.1 Å². The van der Waals surface area contributed by atoms with Gasteiger partial charge in [-0.15, -0.1) is 11.3 Å². The molecule has 2 aliphatic heterocycles. The van der Waals surface area contributed by atoms with Crippen LogP contribution < -0.4 is 5.32 Å². The van der Waals surface area contributed by atoms with Gasteiger partial charge >= 0.3 is 0 Å². The van der Waals surface area contributed by atoms with Crippen molar-refractivity contribution in [3.63, 3.8) is 0 Å². The summed E-state index contributed by atoms with van der Waals surface area (Å²) in [6.07, 6.45) is 8.17. The summed E-state index contributed by atoms with van der Waals surface area (Å²) in [6, 6.07) is 9.13. The summed E-state index contributed by atoms with van der Waals surface area (Å²) in [5.74, 6) is 1.21. The van der Waals surface area contributed by atoms with Crippen molar-refractivity contribution in [3.05, 3.63) is 68.9 Å². The molecule has 4 heterocycles. The second kappa shape index (κ2) is 12.8. The van der Waals surface area contributed by atoms with Gasteiger partial charge in [-0.25, -0.2) is 9.67 Å². The molecule has 0 saturated carbocycles. The normalized spacial score (nSPS) is 22.0. The summed E-state index contributed by atoms with van der Waals surface area (Å²) < 4.78 is 1.86. The standard InChI is InChI=1S/C32H40N6O3S/c1-22-33-30-26(20-23-10-3-2-4-11-23)34-31(40)27-14-7-8-17-37(27)28(39)15-9-16-36(18-19-38(30)35-22)32(41)29-25-13-6-5-12-24(25)21-42-29/h2-4,10-11,21,26-27H,5-9,12-20H2,1H3,(H,34,40)/t26-,27+/m1/s1. The first-order valence-electron chi connectivity index (χ1n) is 15.4. The largest absolute Gasteiger partial charge is 0.344 e. The van der Waals surface area contributed by atoms with Crippen LogP contribution in [0.1, 0.15) is 89.0 Å². The average Bonchev–Trinajstić information content (AvgIpc) is 3.61. The summed E-state index contributed by atoms with van der Waals surface area (Å²) in [4.78, 5) is 50.5. The average molecular weight is 589 g/mol. The van der Waals surface area contributed by atoms with Crippen LogP contribution in [-0.4, -0.2) is 68.0 Å². The summed E-state index contributed by atoms with van der Waals surface area (Å²) in [7, 11) is 0. The molecule has 0 radical (unpaired) electrons. The Labute approximate surface area is 251 Å². The molecule has 9 nitrogen and oxygen atoms in total. The third-order valence-electron chi connectivity index (χ3n) is 8.83. The monoisotopic (exact) mass is 588 g/mol. The molecule has 1 fully saturated rings. The minimum atomic E-state index is -0.500. The zero-order valence-electron chi connectivity index (χ0n) is 24.4. The second-order valence-corrected chi connectivity index (χ2v) is 12.6. The number of thiophene rings is 1. The van der Waals surface area contributed by atoms with Crippen LogP contribution in [0.25, 0.3) is 0 Å². The highest BCUT2D eigenvalue weighted by Gasteiger charge is 2.35. The number of carbonyl (C=O) groups is 3. The number of nitrogens with zero attached hydrogens (tertiary/aromatic N) is 5. The lowest BCUT2D eigenvalue weighted by atomic mass is 9.93. The van der Waals surface area contributed by atoms with Gasteiger partial charge in [0.2, 0.25) is 11.8 Å². The third-order valence-corrected chi connectivity index (χ3v) is 9.89. The lowest BCUT2D eigenvalue weighted by molar-refractivity contribution is -0.142. The van der Waals surface area contributed by atoms with Crippen LogP contribution in [0.15, 0.2) is 35.7 Å². The van der Waals surface area contributed by atoms with Crippen LogP contribution in [0, 0.1) is 6.92 Å². The van der Waals surface area contributed by atoms with Crippen molar-refractivity contribution in [3.8, 4) is 0 Å². The quantitative estimate of drug-likeness (QED) is 0.493. The van der Waals surface area contributed by atoms with Crippen LogP contribution in [0.3, 0.4) is 0 Å². The first-order valence-corrected chi connectivity index (χ1v) is 16.3. The number of piperidine rings is 1. The van der Waals surface area contributed by atoms with Gasteiger partial charge in [0.25, 0.3) is 5.91 Å². The molecule has 42 heavy (non-hydrogen) atoms. The van der Waals surface area contributed by atoms with Gasteiger partial charge < -0.3 is 15.1 Å². The second-order valence-electron chi connectivity index (χ2n) is 11.8. The van der Waals surface area contributed by atoms with E-state index in [1.807, 2.05) is 46.8 Å². The number of carbonyl (C=O) groups excluding carboxylic acids is 3. The van der Waals surface area contributed by atoms with Crippen molar-refractivity contribution in [1.29, 1.82) is 0 Å². The molecule has 1 N–H and O–H groups in total. The molecular weight excluding hydrogens is 548 g/mol. The fourth-order valence-electron chi connectivity index (χ4n) is 6.66.